The fraction of sp³-hybridized carbons (Fsp3) is 0.706. The molecule has 2 aliphatic heterocycles. The average molecular weight is 403 g/mol. The van der Waals surface area contributed by atoms with E-state index < -0.39 is 10.0 Å². The molecule has 3 rings (SSSR count). The highest BCUT2D eigenvalue weighted by molar-refractivity contribution is 7.89. The second-order valence-corrected chi connectivity index (χ2v) is 9.66. The molecule has 9 heteroatoms. The number of carbonyl (C=O) groups is 1. The van der Waals surface area contributed by atoms with Crippen molar-refractivity contribution in [3.63, 3.8) is 0 Å². The Bertz CT molecular complexity index is 717. The van der Waals surface area contributed by atoms with E-state index in [1.165, 1.54) is 11.3 Å². The van der Waals surface area contributed by atoms with E-state index in [1.807, 2.05) is 25.3 Å². The van der Waals surface area contributed by atoms with Crippen LogP contribution >= 0.6 is 11.3 Å². The van der Waals surface area contributed by atoms with Gasteiger partial charge < -0.3 is 14.4 Å². The minimum absolute atomic E-state index is 0.00888. The van der Waals surface area contributed by atoms with Crippen LogP contribution < -0.4 is 4.72 Å². The summed E-state index contributed by atoms with van der Waals surface area (Å²) in [4.78, 5) is 15.2. The first kappa shape index (κ1) is 19.8. The van der Waals surface area contributed by atoms with Crippen LogP contribution in [0.5, 0.6) is 0 Å². The normalized spacial score (nSPS) is 24.5. The zero-order valence-electron chi connectivity index (χ0n) is 15.1. The number of ether oxygens (including phenoxy) is 2. The maximum absolute atomic E-state index is 12.6. The molecular weight excluding hydrogens is 376 g/mol. The number of hydrogen-bond acceptors (Lipinski definition) is 6. The van der Waals surface area contributed by atoms with Gasteiger partial charge in [0.2, 0.25) is 10.0 Å². The molecule has 0 bridgehead atoms. The number of nitrogens with zero attached hydrogens (tertiary/aromatic N) is 1. The summed E-state index contributed by atoms with van der Waals surface area (Å²) in [6.45, 7) is 5.34. The van der Waals surface area contributed by atoms with Crippen molar-refractivity contribution in [3.8, 4) is 0 Å². The predicted molar refractivity (Wildman–Crippen MR) is 100 cm³/mol. The lowest BCUT2D eigenvalue weighted by Crippen LogP contribution is -2.42. The Morgan fingerprint density at radius 1 is 1.31 bits per heavy atom. The molecule has 1 aromatic rings. The number of likely N-dealkylation sites (tertiary alicyclic amines) is 1. The third-order valence-corrected chi connectivity index (χ3v) is 7.22. The molecule has 0 radical (unpaired) electrons. The van der Waals surface area contributed by atoms with Crippen LogP contribution in [-0.4, -0.2) is 69.5 Å². The number of carbonyl (C=O) groups excluding carboxylic acids is 1. The third-order valence-electron chi connectivity index (χ3n) is 4.69. The SMILES string of the molecule is CCCCS(=O)(=O)NC1CO[C@H]2CN(C(=O)c3sccc3C)C[C@@H]2OC1. The average Bonchev–Trinajstić information content (AvgIpc) is 3.17. The molecule has 0 saturated carbocycles. The number of amides is 1. The van der Waals surface area contributed by atoms with E-state index in [4.69, 9.17) is 9.47 Å². The Balaban J connectivity index is 1.55. The first-order valence-corrected chi connectivity index (χ1v) is 11.5. The van der Waals surface area contributed by atoms with Crippen LogP contribution in [0.3, 0.4) is 0 Å². The second-order valence-electron chi connectivity index (χ2n) is 6.87. The molecule has 0 unspecified atom stereocenters. The van der Waals surface area contributed by atoms with Crippen molar-refractivity contribution in [2.75, 3.05) is 32.1 Å². The van der Waals surface area contributed by atoms with Crippen molar-refractivity contribution in [2.45, 2.75) is 44.9 Å². The lowest BCUT2D eigenvalue weighted by molar-refractivity contribution is -0.00461. The zero-order valence-corrected chi connectivity index (χ0v) is 16.8. The zero-order chi connectivity index (χ0) is 18.7. The lowest BCUT2D eigenvalue weighted by Gasteiger charge is -2.19. The molecule has 26 heavy (non-hydrogen) atoms. The van der Waals surface area contributed by atoms with E-state index in [0.29, 0.717) is 19.5 Å². The number of sulfonamides is 1. The Labute approximate surface area is 158 Å². The van der Waals surface area contributed by atoms with Crippen molar-refractivity contribution in [1.29, 1.82) is 0 Å². The number of hydrogen-bond donors (Lipinski definition) is 1. The highest BCUT2D eigenvalue weighted by atomic mass is 32.2. The number of fused-ring (bicyclic) bond motifs is 1. The van der Waals surface area contributed by atoms with Crippen molar-refractivity contribution in [2.24, 2.45) is 0 Å². The number of aryl methyl sites for hydroxylation is 1. The summed E-state index contributed by atoms with van der Waals surface area (Å²) in [5.41, 5.74) is 0.982. The molecule has 1 amide bonds. The van der Waals surface area contributed by atoms with Crippen LogP contribution in [0.25, 0.3) is 0 Å². The molecule has 1 aromatic heterocycles. The summed E-state index contributed by atoms with van der Waals surface area (Å²) in [5, 5.41) is 1.92. The Hall–Kier alpha value is -1.00. The van der Waals surface area contributed by atoms with E-state index >= 15 is 0 Å². The monoisotopic (exact) mass is 402 g/mol. The first-order chi connectivity index (χ1) is 12.4. The summed E-state index contributed by atoms with van der Waals surface area (Å²) in [5.74, 6) is 0.129. The topological polar surface area (TPSA) is 84.9 Å². The van der Waals surface area contributed by atoms with Crippen molar-refractivity contribution < 1.29 is 22.7 Å². The molecule has 7 nitrogen and oxygen atoms in total. The van der Waals surface area contributed by atoms with Gasteiger partial charge in [0.25, 0.3) is 5.91 Å². The smallest absolute Gasteiger partial charge is 0.264 e. The van der Waals surface area contributed by atoms with Gasteiger partial charge in [-0.15, -0.1) is 11.3 Å². The quantitative estimate of drug-likeness (QED) is 0.777. The van der Waals surface area contributed by atoms with E-state index in [0.717, 1.165) is 16.9 Å². The molecule has 3 heterocycles. The van der Waals surface area contributed by atoms with Gasteiger partial charge in [0, 0.05) is 13.1 Å². The molecule has 2 saturated heterocycles. The van der Waals surface area contributed by atoms with E-state index in [2.05, 4.69) is 4.72 Å². The number of rotatable bonds is 6. The van der Waals surface area contributed by atoms with Crippen molar-refractivity contribution >= 4 is 27.3 Å². The van der Waals surface area contributed by atoms with Crippen LogP contribution in [0.2, 0.25) is 0 Å². The fourth-order valence-corrected chi connectivity index (χ4v) is 5.53. The van der Waals surface area contributed by atoms with Crippen molar-refractivity contribution in [3.05, 3.63) is 21.9 Å². The molecule has 2 fully saturated rings. The number of nitrogens with one attached hydrogen (secondary N) is 1. The van der Waals surface area contributed by atoms with Gasteiger partial charge in [0.1, 0.15) is 12.2 Å². The van der Waals surface area contributed by atoms with Crippen molar-refractivity contribution in [1.82, 2.24) is 9.62 Å². The molecule has 146 valence electrons. The van der Waals surface area contributed by atoms with Crippen LogP contribution in [0.4, 0.5) is 0 Å². The van der Waals surface area contributed by atoms with Gasteiger partial charge in [-0.05, 0) is 30.4 Å². The third kappa shape index (κ3) is 4.64. The standard InChI is InChI=1S/C17H26N2O5S2/c1-3-4-7-26(21,22)18-13-10-23-14-8-19(9-15(14)24-11-13)17(20)16-12(2)5-6-25-16/h5-6,13-15,18H,3-4,7-11H2,1-2H3/t14-,15-/m0/s1. The minimum Gasteiger partial charge on any atom is -0.372 e. The van der Waals surface area contributed by atoms with Gasteiger partial charge in [-0.1, -0.05) is 13.3 Å². The van der Waals surface area contributed by atoms with Crippen LogP contribution in [0.1, 0.15) is 35.0 Å². The predicted octanol–water partition coefficient (Wildman–Crippen LogP) is 1.38. The largest absolute Gasteiger partial charge is 0.372 e. The number of unbranched alkanes of at least 4 members (excludes halogenated alkanes) is 1. The highest BCUT2D eigenvalue weighted by Gasteiger charge is 2.40. The molecule has 0 aromatic carbocycles. The molecule has 0 spiro atoms. The highest BCUT2D eigenvalue weighted by Crippen LogP contribution is 2.25. The van der Waals surface area contributed by atoms with Gasteiger partial charge in [0.15, 0.2) is 0 Å². The summed E-state index contributed by atoms with van der Waals surface area (Å²) in [7, 11) is -3.31. The van der Waals surface area contributed by atoms with Gasteiger partial charge >= 0.3 is 0 Å². The van der Waals surface area contributed by atoms with Gasteiger partial charge in [-0.3, -0.25) is 4.79 Å². The van der Waals surface area contributed by atoms with E-state index in [-0.39, 0.29) is 43.1 Å². The molecular formula is C17H26N2O5S2. The summed E-state index contributed by atoms with van der Waals surface area (Å²) in [6, 6.07) is 1.56. The van der Waals surface area contributed by atoms with E-state index in [1.54, 1.807) is 4.90 Å². The molecule has 0 aliphatic carbocycles. The Kier molecular flexibility index (Phi) is 6.34. The maximum atomic E-state index is 12.6. The van der Waals surface area contributed by atoms with Crippen LogP contribution in [-0.2, 0) is 19.5 Å². The Morgan fingerprint density at radius 2 is 1.96 bits per heavy atom. The Morgan fingerprint density at radius 3 is 2.50 bits per heavy atom. The maximum Gasteiger partial charge on any atom is 0.264 e. The first-order valence-electron chi connectivity index (χ1n) is 8.96. The molecule has 1 N–H and O–H groups in total. The molecule has 2 atom stereocenters. The second kappa shape index (κ2) is 8.35. The van der Waals surface area contributed by atoms with Crippen LogP contribution in [0, 0.1) is 6.92 Å². The van der Waals surface area contributed by atoms with E-state index in [9.17, 15) is 13.2 Å². The summed E-state index contributed by atoms with van der Waals surface area (Å²) < 4.78 is 38.5. The van der Waals surface area contributed by atoms with Gasteiger partial charge in [-0.2, -0.15) is 0 Å². The summed E-state index contributed by atoms with van der Waals surface area (Å²) >= 11 is 1.45. The van der Waals surface area contributed by atoms with Gasteiger partial charge in [0.05, 0.1) is 29.9 Å². The van der Waals surface area contributed by atoms with Crippen LogP contribution in [0.15, 0.2) is 11.4 Å². The lowest BCUT2D eigenvalue weighted by atomic mass is 10.3. The number of thiophene rings is 1. The minimum atomic E-state index is -3.31. The summed E-state index contributed by atoms with van der Waals surface area (Å²) in [6.07, 6.45) is 1.03. The van der Waals surface area contributed by atoms with Gasteiger partial charge in [-0.25, -0.2) is 13.1 Å². The molecule has 2 aliphatic rings. The fourth-order valence-electron chi connectivity index (χ4n) is 3.21.